The largest absolute Gasteiger partial charge is 0.464 e. The van der Waals surface area contributed by atoms with Crippen LogP contribution in [0.5, 0.6) is 0 Å². The average Bonchev–Trinajstić information content (AvgIpc) is 3.41. The van der Waals surface area contributed by atoms with Gasteiger partial charge in [0, 0.05) is 69.1 Å². The molecule has 0 spiro atoms. The van der Waals surface area contributed by atoms with Crippen LogP contribution in [-0.4, -0.2) is 68.4 Å². The number of hydrogen-bond donors (Lipinski definition) is 3. The normalized spacial score (nSPS) is 22.5. The number of amides is 2. The lowest BCUT2D eigenvalue weighted by atomic mass is 9.73. The zero-order valence-corrected chi connectivity index (χ0v) is 23.4. The number of fused-ring (bicyclic) bond motifs is 1. The van der Waals surface area contributed by atoms with Gasteiger partial charge in [0.15, 0.2) is 0 Å². The first-order valence-electron chi connectivity index (χ1n) is 14.5. The first-order valence-corrected chi connectivity index (χ1v) is 14.5. The first-order chi connectivity index (χ1) is 18.8. The highest BCUT2D eigenvalue weighted by Crippen LogP contribution is 2.43. The van der Waals surface area contributed by atoms with Gasteiger partial charge < -0.3 is 29.8 Å². The number of likely N-dealkylation sites (N-methyl/N-ethyl adjacent to an activating group) is 1. The Labute approximate surface area is 230 Å². The molecule has 1 aliphatic carbocycles. The number of nitrogens with zero attached hydrogens (tertiary/aromatic N) is 1. The van der Waals surface area contributed by atoms with E-state index in [4.69, 9.17) is 9.15 Å². The molecule has 2 aliphatic rings. The minimum Gasteiger partial charge on any atom is -0.464 e. The molecule has 2 fully saturated rings. The highest BCUT2D eigenvalue weighted by molar-refractivity contribution is 5.81. The summed E-state index contributed by atoms with van der Waals surface area (Å²) in [5.41, 5.74) is 0.319. The third-order valence-electron chi connectivity index (χ3n) is 8.72. The summed E-state index contributed by atoms with van der Waals surface area (Å²) in [6, 6.07) is 7.48. The van der Waals surface area contributed by atoms with Crippen LogP contribution in [0.3, 0.4) is 0 Å². The number of furan rings is 1. The van der Waals surface area contributed by atoms with E-state index >= 15 is 0 Å². The predicted octanol–water partition coefficient (Wildman–Crippen LogP) is 5.66. The Morgan fingerprint density at radius 3 is 2.79 bits per heavy atom. The molecule has 7 nitrogen and oxygen atoms in total. The molecule has 2 aromatic rings. The van der Waals surface area contributed by atoms with Gasteiger partial charge in [-0.2, -0.15) is 0 Å². The van der Waals surface area contributed by atoms with Crippen LogP contribution in [0, 0.1) is 11.8 Å². The maximum absolute atomic E-state index is 13.6. The smallest absolute Gasteiger partial charge is 0.317 e. The Balaban J connectivity index is 1.46. The number of likely N-dealkylation sites (tertiary alicyclic amines) is 1. The number of halogens is 2. The monoisotopic (exact) mass is 549 g/mol. The number of ether oxygens (including phenoxy) is 1. The summed E-state index contributed by atoms with van der Waals surface area (Å²) in [7, 11) is 3.52. The molecule has 1 saturated carbocycles. The van der Waals surface area contributed by atoms with Gasteiger partial charge in [-0.3, -0.25) is 0 Å². The van der Waals surface area contributed by atoms with Crippen LogP contribution in [0.4, 0.5) is 13.6 Å². The lowest BCUT2D eigenvalue weighted by Gasteiger charge is -2.43. The zero-order chi connectivity index (χ0) is 27.9. The van der Waals surface area contributed by atoms with Gasteiger partial charge in [-0.25, -0.2) is 13.6 Å². The maximum Gasteiger partial charge on any atom is 0.317 e. The van der Waals surface area contributed by atoms with Gasteiger partial charge in [-0.05, 0) is 70.4 Å². The van der Waals surface area contributed by atoms with E-state index in [2.05, 4.69) is 10.6 Å². The number of piperidine rings is 1. The van der Waals surface area contributed by atoms with Crippen LogP contribution in [0.1, 0.15) is 69.8 Å². The molecule has 2 amide bonds. The second-order valence-corrected chi connectivity index (χ2v) is 11.5. The number of methoxy groups -OCH3 is 1. The SMILES string of the molecule is CNCC(CC1CCC(F)(F)CC1)NC(=O)N1CCC[C@@H]([C@@](O)(CCCCOC)c2cccc3ccoc23)C1. The highest BCUT2D eigenvalue weighted by atomic mass is 19.3. The minimum absolute atomic E-state index is 0.0723. The summed E-state index contributed by atoms with van der Waals surface area (Å²) in [5.74, 6) is -2.52. The van der Waals surface area contributed by atoms with Crippen molar-refractivity contribution >= 4 is 17.0 Å². The molecule has 1 aromatic carbocycles. The molecule has 3 atom stereocenters. The molecule has 39 heavy (non-hydrogen) atoms. The van der Waals surface area contributed by atoms with Crippen molar-refractivity contribution in [2.24, 2.45) is 11.8 Å². The average molecular weight is 550 g/mol. The van der Waals surface area contributed by atoms with E-state index in [9.17, 15) is 18.7 Å². The van der Waals surface area contributed by atoms with Crippen molar-refractivity contribution in [1.82, 2.24) is 15.5 Å². The molecule has 4 rings (SSSR count). The van der Waals surface area contributed by atoms with Crippen LogP contribution < -0.4 is 10.6 Å². The van der Waals surface area contributed by atoms with Crippen molar-refractivity contribution in [2.45, 2.75) is 81.8 Å². The van der Waals surface area contributed by atoms with E-state index in [1.807, 2.05) is 36.2 Å². The number of rotatable bonds is 12. The van der Waals surface area contributed by atoms with E-state index in [0.717, 1.165) is 36.6 Å². The van der Waals surface area contributed by atoms with E-state index in [1.165, 1.54) is 0 Å². The lowest BCUT2D eigenvalue weighted by Crippen LogP contribution is -2.54. The number of hydrogen-bond acceptors (Lipinski definition) is 5. The summed E-state index contributed by atoms with van der Waals surface area (Å²) < 4.78 is 38.3. The Kier molecular flexibility index (Phi) is 10.2. The van der Waals surface area contributed by atoms with Crippen molar-refractivity contribution in [3.63, 3.8) is 0 Å². The number of nitrogens with one attached hydrogen (secondary N) is 2. The van der Waals surface area contributed by atoms with Gasteiger partial charge in [-0.15, -0.1) is 0 Å². The van der Waals surface area contributed by atoms with Crippen molar-refractivity contribution in [1.29, 1.82) is 0 Å². The number of benzene rings is 1. The minimum atomic E-state index is -2.55. The summed E-state index contributed by atoms with van der Waals surface area (Å²) in [6.07, 6.45) is 6.93. The molecule has 1 aromatic heterocycles. The fourth-order valence-corrected chi connectivity index (χ4v) is 6.53. The zero-order valence-electron chi connectivity index (χ0n) is 23.4. The first kappa shape index (κ1) is 29.7. The molecule has 1 aliphatic heterocycles. The molecule has 1 saturated heterocycles. The van der Waals surface area contributed by atoms with Crippen molar-refractivity contribution in [3.05, 3.63) is 36.1 Å². The lowest BCUT2D eigenvalue weighted by molar-refractivity contribution is -0.0561. The van der Waals surface area contributed by atoms with E-state index in [1.54, 1.807) is 13.4 Å². The Morgan fingerprint density at radius 1 is 1.26 bits per heavy atom. The second-order valence-electron chi connectivity index (χ2n) is 11.5. The van der Waals surface area contributed by atoms with Gasteiger partial charge in [0.2, 0.25) is 5.92 Å². The number of urea groups is 1. The van der Waals surface area contributed by atoms with Gasteiger partial charge in [0.1, 0.15) is 5.58 Å². The molecule has 0 radical (unpaired) electrons. The van der Waals surface area contributed by atoms with Gasteiger partial charge in [-0.1, -0.05) is 18.2 Å². The van der Waals surface area contributed by atoms with E-state index in [0.29, 0.717) is 57.5 Å². The number of aliphatic hydroxyl groups is 1. The molecule has 3 N–H and O–H groups in total. The second kappa shape index (κ2) is 13.4. The standard InChI is InChI=1S/C30H45F2N3O4/c1-33-20-25(19-22-10-14-29(31,32)15-11-22)34-28(36)35-16-6-8-24(21-35)30(37,13-3-4-17-38-2)26-9-5-7-23-12-18-39-27(23)26/h5,7,9,12,18,22,24-25,33,37H,3-4,6,8,10-11,13-17,19-21H2,1-2H3,(H,34,36)/t24-,25?,30+/m1/s1. The quantitative estimate of drug-likeness (QED) is 0.297. The highest BCUT2D eigenvalue weighted by Gasteiger charge is 2.43. The molecule has 218 valence electrons. The number of unbranched alkanes of at least 4 members (excludes halogenated alkanes) is 1. The summed E-state index contributed by atoms with van der Waals surface area (Å²) in [4.78, 5) is 15.3. The molecular weight excluding hydrogens is 504 g/mol. The Bertz CT molecular complexity index is 1050. The van der Waals surface area contributed by atoms with Crippen LogP contribution >= 0.6 is 0 Å². The molecule has 9 heteroatoms. The van der Waals surface area contributed by atoms with Crippen LogP contribution in [0.2, 0.25) is 0 Å². The summed E-state index contributed by atoms with van der Waals surface area (Å²) >= 11 is 0. The summed E-state index contributed by atoms with van der Waals surface area (Å²) in [6.45, 7) is 2.27. The van der Waals surface area contributed by atoms with Gasteiger partial charge in [0.05, 0.1) is 11.9 Å². The number of carbonyl (C=O) groups excluding carboxylic acids is 1. The van der Waals surface area contributed by atoms with E-state index < -0.39 is 11.5 Å². The fourth-order valence-electron chi connectivity index (χ4n) is 6.53. The summed E-state index contributed by atoms with van der Waals surface area (Å²) in [5, 5.41) is 19.6. The third kappa shape index (κ3) is 7.50. The van der Waals surface area contributed by atoms with Crippen molar-refractivity contribution < 1.29 is 27.8 Å². The number of carbonyl (C=O) groups is 1. The number of alkyl halides is 2. The van der Waals surface area contributed by atoms with Gasteiger partial charge >= 0.3 is 6.03 Å². The van der Waals surface area contributed by atoms with Gasteiger partial charge in [0.25, 0.3) is 0 Å². The fraction of sp³-hybridized carbons (Fsp3) is 0.700. The van der Waals surface area contributed by atoms with Crippen LogP contribution in [0.25, 0.3) is 11.0 Å². The molecule has 2 heterocycles. The maximum atomic E-state index is 13.6. The third-order valence-corrected chi connectivity index (χ3v) is 8.72. The topological polar surface area (TPSA) is 87.0 Å². The van der Waals surface area contributed by atoms with Crippen molar-refractivity contribution in [2.75, 3.05) is 40.4 Å². The van der Waals surface area contributed by atoms with Crippen LogP contribution in [-0.2, 0) is 10.3 Å². The molecular formula is C30H45F2N3O4. The van der Waals surface area contributed by atoms with Crippen LogP contribution in [0.15, 0.2) is 34.9 Å². The van der Waals surface area contributed by atoms with Crippen molar-refractivity contribution in [3.8, 4) is 0 Å². The van der Waals surface area contributed by atoms with E-state index in [-0.39, 0.29) is 36.8 Å². The molecule has 1 unspecified atom stereocenters. The predicted molar refractivity (Wildman–Crippen MR) is 148 cm³/mol. The Hall–Kier alpha value is -2.23. The molecule has 0 bridgehead atoms. The Morgan fingerprint density at radius 2 is 2.05 bits per heavy atom. The number of para-hydroxylation sites is 1.